The number of carboxylic acids is 1. The topological polar surface area (TPSA) is 86.7 Å². The van der Waals surface area contributed by atoms with Crippen LogP contribution in [0.3, 0.4) is 0 Å². The Morgan fingerprint density at radius 1 is 1.21 bits per heavy atom. The SMILES string of the molecule is CC(=O)NCC(=O)N(CC(=O)O)c1ccc(C)cc1. The first-order valence-electron chi connectivity index (χ1n) is 5.73. The second kappa shape index (κ2) is 6.53. The molecule has 102 valence electrons. The number of carbonyl (C=O) groups excluding carboxylic acids is 2. The third kappa shape index (κ3) is 4.79. The van der Waals surface area contributed by atoms with Gasteiger partial charge in [-0.2, -0.15) is 0 Å². The summed E-state index contributed by atoms with van der Waals surface area (Å²) >= 11 is 0. The van der Waals surface area contributed by atoms with Crippen molar-refractivity contribution in [1.82, 2.24) is 5.32 Å². The molecule has 0 heterocycles. The van der Waals surface area contributed by atoms with E-state index in [1.54, 1.807) is 24.3 Å². The van der Waals surface area contributed by atoms with Crippen LogP contribution in [0.1, 0.15) is 12.5 Å². The third-order valence-electron chi connectivity index (χ3n) is 2.43. The van der Waals surface area contributed by atoms with Crippen LogP contribution in [-0.4, -0.2) is 36.0 Å². The van der Waals surface area contributed by atoms with Gasteiger partial charge in [0.15, 0.2) is 0 Å². The Labute approximate surface area is 111 Å². The first kappa shape index (κ1) is 14.7. The molecule has 6 heteroatoms. The second-order valence-electron chi connectivity index (χ2n) is 4.12. The maximum atomic E-state index is 11.9. The van der Waals surface area contributed by atoms with E-state index in [2.05, 4.69) is 5.32 Å². The summed E-state index contributed by atoms with van der Waals surface area (Å²) in [6.45, 7) is 2.52. The Morgan fingerprint density at radius 3 is 2.26 bits per heavy atom. The van der Waals surface area contributed by atoms with Gasteiger partial charge in [-0.1, -0.05) is 17.7 Å². The molecule has 1 rings (SSSR count). The lowest BCUT2D eigenvalue weighted by molar-refractivity contribution is -0.136. The maximum absolute atomic E-state index is 11.9. The van der Waals surface area contributed by atoms with Gasteiger partial charge in [0, 0.05) is 12.6 Å². The molecule has 0 atom stereocenters. The molecule has 0 fully saturated rings. The van der Waals surface area contributed by atoms with Crippen molar-refractivity contribution in [2.24, 2.45) is 0 Å². The molecule has 1 aromatic rings. The Morgan fingerprint density at radius 2 is 1.79 bits per heavy atom. The summed E-state index contributed by atoms with van der Waals surface area (Å²) in [6.07, 6.45) is 0. The van der Waals surface area contributed by atoms with Crippen LogP contribution in [0.2, 0.25) is 0 Å². The highest BCUT2D eigenvalue weighted by atomic mass is 16.4. The molecule has 0 unspecified atom stereocenters. The van der Waals surface area contributed by atoms with Gasteiger partial charge in [0.25, 0.3) is 0 Å². The van der Waals surface area contributed by atoms with E-state index in [0.717, 1.165) is 10.5 Å². The molecule has 1 aromatic carbocycles. The number of aliphatic carboxylic acids is 1. The quantitative estimate of drug-likeness (QED) is 0.813. The predicted molar refractivity (Wildman–Crippen MR) is 69.9 cm³/mol. The van der Waals surface area contributed by atoms with E-state index in [1.165, 1.54) is 6.92 Å². The largest absolute Gasteiger partial charge is 0.480 e. The van der Waals surface area contributed by atoms with Crippen LogP contribution >= 0.6 is 0 Å². The summed E-state index contributed by atoms with van der Waals surface area (Å²) in [4.78, 5) is 34.6. The number of nitrogens with one attached hydrogen (secondary N) is 1. The van der Waals surface area contributed by atoms with Crippen molar-refractivity contribution < 1.29 is 19.5 Å². The van der Waals surface area contributed by atoms with E-state index in [0.29, 0.717) is 5.69 Å². The third-order valence-corrected chi connectivity index (χ3v) is 2.43. The van der Waals surface area contributed by atoms with E-state index in [1.807, 2.05) is 6.92 Å². The van der Waals surface area contributed by atoms with Gasteiger partial charge in [-0.15, -0.1) is 0 Å². The summed E-state index contributed by atoms with van der Waals surface area (Å²) in [7, 11) is 0. The number of rotatable bonds is 5. The average Bonchev–Trinajstić information content (AvgIpc) is 2.34. The predicted octanol–water partition coefficient (Wildman–Crippen LogP) is 0.549. The summed E-state index contributed by atoms with van der Waals surface area (Å²) in [5.41, 5.74) is 1.50. The number of hydrogen-bond donors (Lipinski definition) is 2. The van der Waals surface area contributed by atoms with Crippen LogP contribution < -0.4 is 10.2 Å². The number of carbonyl (C=O) groups is 3. The van der Waals surface area contributed by atoms with Gasteiger partial charge in [0.2, 0.25) is 11.8 Å². The van der Waals surface area contributed by atoms with Crippen molar-refractivity contribution in [2.75, 3.05) is 18.0 Å². The van der Waals surface area contributed by atoms with Gasteiger partial charge >= 0.3 is 5.97 Å². The number of amides is 2. The Kier molecular flexibility index (Phi) is 5.05. The van der Waals surface area contributed by atoms with Gasteiger partial charge in [-0.25, -0.2) is 0 Å². The van der Waals surface area contributed by atoms with Crippen LogP contribution in [0.4, 0.5) is 5.69 Å². The number of nitrogens with zero attached hydrogens (tertiary/aromatic N) is 1. The fourth-order valence-electron chi connectivity index (χ4n) is 1.48. The van der Waals surface area contributed by atoms with Crippen molar-refractivity contribution in [2.45, 2.75) is 13.8 Å². The molecule has 0 saturated heterocycles. The van der Waals surface area contributed by atoms with E-state index in [4.69, 9.17) is 5.11 Å². The van der Waals surface area contributed by atoms with Crippen molar-refractivity contribution in [3.8, 4) is 0 Å². The second-order valence-corrected chi connectivity index (χ2v) is 4.12. The van der Waals surface area contributed by atoms with Crippen LogP contribution in [0, 0.1) is 6.92 Å². The molecule has 0 aromatic heterocycles. The highest BCUT2D eigenvalue weighted by Gasteiger charge is 2.18. The van der Waals surface area contributed by atoms with E-state index in [9.17, 15) is 14.4 Å². The summed E-state index contributed by atoms with van der Waals surface area (Å²) < 4.78 is 0. The van der Waals surface area contributed by atoms with Gasteiger partial charge in [0.1, 0.15) is 6.54 Å². The highest BCUT2D eigenvalue weighted by molar-refractivity contribution is 5.99. The molecule has 0 aliphatic heterocycles. The smallest absolute Gasteiger partial charge is 0.323 e. The minimum absolute atomic E-state index is 0.226. The Balaban J connectivity index is 2.87. The number of benzene rings is 1. The molecule has 0 saturated carbocycles. The van der Waals surface area contributed by atoms with Crippen LogP contribution in [0.15, 0.2) is 24.3 Å². The molecule has 19 heavy (non-hydrogen) atoms. The van der Waals surface area contributed by atoms with E-state index >= 15 is 0 Å². The first-order chi connectivity index (χ1) is 8.90. The zero-order valence-corrected chi connectivity index (χ0v) is 10.8. The minimum atomic E-state index is -1.11. The maximum Gasteiger partial charge on any atom is 0.323 e. The number of anilines is 1. The Hall–Kier alpha value is -2.37. The number of aryl methyl sites for hydroxylation is 1. The molecule has 0 bridgehead atoms. The molecule has 0 aliphatic carbocycles. The van der Waals surface area contributed by atoms with Crippen molar-refractivity contribution >= 4 is 23.5 Å². The first-order valence-corrected chi connectivity index (χ1v) is 5.73. The average molecular weight is 264 g/mol. The van der Waals surface area contributed by atoms with Gasteiger partial charge in [0.05, 0.1) is 6.54 Å². The van der Waals surface area contributed by atoms with Crippen molar-refractivity contribution in [3.63, 3.8) is 0 Å². The summed E-state index contributed by atoms with van der Waals surface area (Å²) in [5, 5.41) is 11.2. The fraction of sp³-hybridized carbons (Fsp3) is 0.308. The van der Waals surface area contributed by atoms with Crippen molar-refractivity contribution in [1.29, 1.82) is 0 Å². The molecular weight excluding hydrogens is 248 g/mol. The zero-order chi connectivity index (χ0) is 14.4. The molecular formula is C13H16N2O4. The van der Waals surface area contributed by atoms with E-state index < -0.39 is 18.4 Å². The van der Waals surface area contributed by atoms with Crippen molar-refractivity contribution in [3.05, 3.63) is 29.8 Å². The fourth-order valence-corrected chi connectivity index (χ4v) is 1.48. The zero-order valence-electron chi connectivity index (χ0n) is 10.8. The van der Waals surface area contributed by atoms with Crippen LogP contribution in [0.5, 0.6) is 0 Å². The van der Waals surface area contributed by atoms with Gasteiger partial charge in [-0.3, -0.25) is 19.3 Å². The standard InChI is InChI=1S/C13H16N2O4/c1-9-3-5-11(6-4-9)15(8-13(18)19)12(17)7-14-10(2)16/h3-6H,7-8H2,1-2H3,(H,14,16)(H,18,19). The van der Waals surface area contributed by atoms with Crippen LogP contribution in [0.25, 0.3) is 0 Å². The lowest BCUT2D eigenvalue weighted by Crippen LogP contribution is -2.42. The molecule has 6 nitrogen and oxygen atoms in total. The van der Waals surface area contributed by atoms with E-state index in [-0.39, 0.29) is 12.5 Å². The number of hydrogen-bond acceptors (Lipinski definition) is 3. The lowest BCUT2D eigenvalue weighted by atomic mass is 10.2. The highest BCUT2D eigenvalue weighted by Crippen LogP contribution is 2.15. The summed E-state index contributed by atoms with van der Waals surface area (Å²) in [5.74, 6) is -1.93. The minimum Gasteiger partial charge on any atom is -0.480 e. The monoisotopic (exact) mass is 264 g/mol. The van der Waals surface area contributed by atoms with Gasteiger partial charge < -0.3 is 10.4 Å². The Bertz CT molecular complexity index is 482. The number of carboxylic acid groups (broad SMARTS) is 1. The molecule has 2 N–H and O–H groups in total. The molecule has 2 amide bonds. The summed E-state index contributed by atoms with van der Waals surface area (Å²) in [6, 6.07) is 6.92. The van der Waals surface area contributed by atoms with Crippen LogP contribution in [-0.2, 0) is 14.4 Å². The molecule has 0 spiro atoms. The lowest BCUT2D eigenvalue weighted by Gasteiger charge is -2.21. The van der Waals surface area contributed by atoms with Gasteiger partial charge in [-0.05, 0) is 19.1 Å². The molecule has 0 aliphatic rings. The normalized spacial score (nSPS) is 9.79. The molecule has 0 radical (unpaired) electrons.